The summed E-state index contributed by atoms with van der Waals surface area (Å²) >= 11 is 0. The summed E-state index contributed by atoms with van der Waals surface area (Å²) in [6.45, 7) is 0. The maximum atomic E-state index is 4.96. The molecule has 0 aliphatic carbocycles. The number of aromatic nitrogens is 3. The molecule has 3 aliphatic heterocycles. The molecule has 7 aromatic carbocycles. The number of hydrogen-bond donors (Lipinski definition) is 0. The Hall–Kier alpha value is -7.34. The number of rotatable bonds is 2. The molecule has 0 atom stereocenters. The summed E-state index contributed by atoms with van der Waals surface area (Å²) in [5, 5.41) is 7.02. The van der Waals surface area contributed by atoms with E-state index >= 15 is 0 Å². The van der Waals surface area contributed by atoms with E-state index in [0.29, 0.717) is 0 Å². The number of para-hydroxylation sites is 2. The van der Waals surface area contributed by atoms with Crippen LogP contribution in [-0.2, 0) is 5.41 Å². The third-order valence-corrected chi connectivity index (χ3v) is 18.2. The van der Waals surface area contributed by atoms with Crippen LogP contribution in [-0.4, -0.2) is 22.6 Å². The maximum absolute atomic E-state index is 4.96. The molecule has 3 aliphatic rings. The fraction of sp³-hybridized carbons (Fsp3) is 0.0189. The maximum Gasteiger partial charge on any atom is 0.181 e. The zero-order chi connectivity index (χ0) is 38.0. The number of hydrogen-bond acceptors (Lipinski definition) is 3. The third kappa shape index (κ3) is 3.79. The molecule has 2 spiro atoms. The van der Waals surface area contributed by atoms with Crippen molar-refractivity contribution in [1.82, 2.24) is 14.5 Å². The Balaban J connectivity index is 1.12. The minimum absolute atomic E-state index is 0.566. The fourth-order valence-electron chi connectivity index (χ4n) is 11.2. The van der Waals surface area contributed by atoms with Crippen LogP contribution < -0.4 is 25.6 Å². The highest BCUT2D eigenvalue weighted by Gasteiger charge is 2.60. The van der Waals surface area contributed by atoms with Gasteiger partial charge in [0.25, 0.3) is 0 Å². The molecule has 13 rings (SSSR count). The van der Waals surface area contributed by atoms with Gasteiger partial charge in [0.15, 0.2) is 8.07 Å². The number of anilines is 3. The van der Waals surface area contributed by atoms with E-state index in [-0.39, 0.29) is 0 Å². The van der Waals surface area contributed by atoms with E-state index in [4.69, 9.17) is 4.98 Å². The first-order chi connectivity index (χ1) is 28.8. The lowest BCUT2D eigenvalue weighted by Gasteiger charge is -2.52. The van der Waals surface area contributed by atoms with Crippen molar-refractivity contribution in [2.24, 2.45) is 0 Å². The Bertz CT molecular complexity index is 3190. The molecule has 0 unspecified atom stereocenters. The zero-order valence-corrected chi connectivity index (χ0v) is 32.4. The molecule has 0 amide bonds. The molecule has 10 aromatic rings. The van der Waals surface area contributed by atoms with E-state index in [2.05, 4.69) is 190 Å². The second kappa shape index (κ2) is 11.6. The van der Waals surface area contributed by atoms with Crippen LogP contribution in [0.3, 0.4) is 0 Å². The van der Waals surface area contributed by atoms with Gasteiger partial charge in [0.1, 0.15) is 0 Å². The number of pyridine rings is 2. The summed E-state index contributed by atoms with van der Waals surface area (Å²) in [5.41, 5.74) is 15.1. The van der Waals surface area contributed by atoms with Crippen molar-refractivity contribution in [2.75, 3.05) is 4.90 Å². The number of nitrogens with zero attached hydrogens (tertiary/aromatic N) is 4. The van der Waals surface area contributed by atoms with Crippen LogP contribution in [0.2, 0.25) is 0 Å². The van der Waals surface area contributed by atoms with E-state index in [1.807, 2.05) is 30.7 Å². The average molecular weight is 755 g/mol. The predicted octanol–water partition coefficient (Wildman–Crippen LogP) is 9.41. The van der Waals surface area contributed by atoms with Crippen molar-refractivity contribution in [3.63, 3.8) is 0 Å². The zero-order valence-electron chi connectivity index (χ0n) is 31.4. The van der Waals surface area contributed by atoms with Crippen molar-refractivity contribution in [2.45, 2.75) is 5.41 Å². The van der Waals surface area contributed by atoms with E-state index in [1.54, 1.807) is 0 Å². The van der Waals surface area contributed by atoms with Crippen LogP contribution in [0.5, 0.6) is 0 Å². The summed E-state index contributed by atoms with van der Waals surface area (Å²) < 4.78 is 2.27. The van der Waals surface area contributed by atoms with Gasteiger partial charge in [0, 0.05) is 23.5 Å². The number of fused-ring (bicyclic) bond motifs is 18. The van der Waals surface area contributed by atoms with Gasteiger partial charge in [0.05, 0.1) is 45.2 Å². The van der Waals surface area contributed by atoms with Gasteiger partial charge < -0.3 is 9.47 Å². The Kier molecular flexibility index (Phi) is 6.37. The van der Waals surface area contributed by atoms with Crippen molar-refractivity contribution in [1.29, 1.82) is 0 Å². The first-order valence-electron chi connectivity index (χ1n) is 20.0. The van der Waals surface area contributed by atoms with E-state index in [0.717, 1.165) is 33.3 Å². The van der Waals surface area contributed by atoms with Crippen molar-refractivity contribution < 1.29 is 0 Å². The molecule has 0 saturated carbocycles. The lowest BCUT2D eigenvalue weighted by atomic mass is 9.62. The minimum Gasteiger partial charge on any atom is -0.310 e. The smallest absolute Gasteiger partial charge is 0.181 e. The van der Waals surface area contributed by atoms with Gasteiger partial charge in [-0.05, 0) is 109 Å². The van der Waals surface area contributed by atoms with Gasteiger partial charge in [-0.3, -0.25) is 9.97 Å². The van der Waals surface area contributed by atoms with E-state index < -0.39 is 13.5 Å². The summed E-state index contributed by atoms with van der Waals surface area (Å²) in [7, 11) is -2.75. The third-order valence-electron chi connectivity index (χ3n) is 13.2. The summed E-state index contributed by atoms with van der Waals surface area (Å²) in [4.78, 5) is 11.9. The van der Waals surface area contributed by atoms with Crippen LogP contribution in [0.4, 0.5) is 17.1 Å². The van der Waals surface area contributed by atoms with Gasteiger partial charge >= 0.3 is 0 Å². The first kappa shape index (κ1) is 31.8. The van der Waals surface area contributed by atoms with Gasteiger partial charge in [-0.15, -0.1) is 0 Å². The molecule has 0 radical (unpaired) electrons. The second-order valence-corrected chi connectivity index (χ2v) is 19.3. The molecule has 0 bridgehead atoms. The first-order valence-corrected chi connectivity index (χ1v) is 22.0. The molecular weight excluding hydrogens is 721 g/mol. The predicted molar refractivity (Wildman–Crippen MR) is 239 cm³/mol. The lowest BCUT2D eigenvalue weighted by molar-refractivity contribution is 0.736. The van der Waals surface area contributed by atoms with Crippen LogP contribution >= 0.6 is 0 Å². The number of benzene rings is 7. The largest absolute Gasteiger partial charge is 0.310 e. The summed E-state index contributed by atoms with van der Waals surface area (Å²) in [6, 6.07) is 70.7. The van der Waals surface area contributed by atoms with Gasteiger partial charge in [0.2, 0.25) is 0 Å². The van der Waals surface area contributed by atoms with Gasteiger partial charge in [-0.1, -0.05) is 133 Å². The quantitative estimate of drug-likeness (QED) is 0.165. The fourth-order valence-corrected chi connectivity index (χ4v) is 16.9. The molecule has 270 valence electrons. The Morgan fingerprint density at radius 3 is 1.60 bits per heavy atom. The molecule has 58 heavy (non-hydrogen) atoms. The van der Waals surface area contributed by atoms with Crippen molar-refractivity contribution in [3.05, 3.63) is 229 Å². The molecule has 4 nitrogen and oxygen atoms in total. The topological polar surface area (TPSA) is 34.0 Å². The molecule has 5 heteroatoms. The average Bonchev–Trinajstić information content (AvgIpc) is 3.79. The van der Waals surface area contributed by atoms with Crippen LogP contribution in [0.25, 0.3) is 38.8 Å². The molecule has 6 heterocycles. The highest BCUT2D eigenvalue weighted by molar-refractivity contribution is 7.22. The molecule has 0 saturated heterocycles. The monoisotopic (exact) mass is 754 g/mol. The van der Waals surface area contributed by atoms with E-state index in [9.17, 15) is 0 Å². The summed E-state index contributed by atoms with van der Waals surface area (Å²) in [6.07, 6.45) is 5.64. The van der Waals surface area contributed by atoms with Gasteiger partial charge in [-0.2, -0.15) is 0 Å². The highest BCUT2D eigenvalue weighted by atomic mass is 28.3. The summed E-state index contributed by atoms with van der Waals surface area (Å²) in [5.74, 6) is 0. The molecule has 3 aromatic heterocycles. The second-order valence-electron chi connectivity index (χ2n) is 15.7. The normalized spacial score (nSPS) is 14.8. The molecular formula is C53H34N4Si. The van der Waals surface area contributed by atoms with Crippen LogP contribution in [0.15, 0.2) is 207 Å². The van der Waals surface area contributed by atoms with Crippen LogP contribution in [0.1, 0.15) is 22.3 Å². The standard InChI is InChI=1S/C53H34N4Si/c1-9-25-48-37(16-1)38-17-2-10-26-49(38)58(48)50-27-11-5-20-42(50)53(43-21-6-12-28-51(43)58)40-18-3-7-22-45(40)56(46-23-8-4-19-41(46)53)35-29-30-44-39(33-35)52-47(24-14-32-55-52)57(44)36-15-13-31-54-34-36/h1-34H. The highest BCUT2D eigenvalue weighted by Crippen LogP contribution is 2.58. The van der Waals surface area contributed by atoms with E-state index in [1.165, 1.54) is 65.5 Å². The van der Waals surface area contributed by atoms with Crippen molar-refractivity contribution in [3.8, 4) is 16.8 Å². The Morgan fingerprint density at radius 2 is 0.983 bits per heavy atom. The van der Waals surface area contributed by atoms with Gasteiger partial charge in [-0.25, -0.2) is 0 Å². The minimum atomic E-state index is -2.75. The molecule has 0 fully saturated rings. The SMILES string of the molecule is c1cncc(-n2c3ccc(N4c5ccccc5C5(c6ccccc64)c4ccccc4[Si]4(c6ccccc6-c6ccccc64)c4ccccc45)cc3c3ncccc32)c1. The molecule has 0 N–H and O–H groups in total. The Morgan fingerprint density at radius 1 is 0.431 bits per heavy atom. The van der Waals surface area contributed by atoms with Crippen LogP contribution in [0, 0.1) is 0 Å². The lowest BCUT2D eigenvalue weighted by Crippen LogP contribution is -2.78. The Labute approximate surface area is 337 Å². The van der Waals surface area contributed by atoms with Crippen molar-refractivity contribution >= 4 is 67.8 Å².